The van der Waals surface area contributed by atoms with Gasteiger partial charge in [0.2, 0.25) is 5.91 Å². The number of hydrogen-bond acceptors (Lipinski definition) is 4. The highest BCUT2D eigenvalue weighted by molar-refractivity contribution is 5.75. The van der Waals surface area contributed by atoms with Crippen LogP contribution in [-0.4, -0.2) is 32.0 Å². The zero-order valence-corrected chi connectivity index (χ0v) is 13.0. The number of amides is 1. The van der Waals surface area contributed by atoms with Crippen molar-refractivity contribution in [1.29, 1.82) is 0 Å². The Bertz CT molecular complexity index is 519. The monoisotopic (exact) mass is 311 g/mol. The van der Waals surface area contributed by atoms with Gasteiger partial charge in [0.1, 0.15) is 11.6 Å². The van der Waals surface area contributed by atoms with Gasteiger partial charge in [-0.25, -0.2) is 4.39 Å². The molecule has 0 unspecified atom stereocenters. The number of nitrogens with one attached hydrogen (secondary N) is 1. The minimum atomic E-state index is -0.320. The van der Waals surface area contributed by atoms with Crippen molar-refractivity contribution >= 4 is 5.91 Å². The maximum absolute atomic E-state index is 13.6. The van der Waals surface area contributed by atoms with E-state index in [4.69, 9.17) is 14.2 Å². The second-order valence-electron chi connectivity index (χ2n) is 5.43. The third kappa shape index (κ3) is 4.96. The first kappa shape index (κ1) is 16.7. The highest BCUT2D eigenvalue weighted by atomic mass is 19.1. The van der Waals surface area contributed by atoms with Gasteiger partial charge in [0.05, 0.1) is 19.3 Å². The Balaban J connectivity index is 1.82. The molecule has 6 heteroatoms. The topological polar surface area (TPSA) is 56.8 Å². The summed E-state index contributed by atoms with van der Waals surface area (Å²) in [6, 6.07) is 2.86. The summed E-state index contributed by atoms with van der Waals surface area (Å²) in [5, 5.41) is 2.80. The molecule has 1 aliphatic heterocycles. The van der Waals surface area contributed by atoms with E-state index in [1.54, 1.807) is 0 Å². The van der Waals surface area contributed by atoms with Crippen molar-refractivity contribution in [2.24, 2.45) is 0 Å². The van der Waals surface area contributed by atoms with E-state index >= 15 is 0 Å². The first-order valence-electron chi connectivity index (χ1n) is 7.46. The molecule has 0 spiro atoms. The minimum absolute atomic E-state index is 0.0739. The van der Waals surface area contributed by atoms with Gasteiger partial charge in [0.25, 0.3) is 0 Å². The molecule has 122 valence electrons. The summed E-state index contributed by atoms with van der Waals surface area (Å²) < 4.78 is 29.5. The fourth-order valence-corrected chi connectivity index (χ4v) is 2.25. The van der Waals surface area contributed by atoms with Crippen LogP contribution < -0.4 is 10.1 Å². The summed E-state index contributed by atoms with van der Waals surface area (Å²) in [6.45, 7) is 5.20. The quantitative estimate of drug-likeness (QED) is 0.838. The molecule has 0 fully saturated rings. The van der Waals surface area contributed by atoms with Crippen molar-refractivity contribution in [3.05, 3.63) is 29.1 Å². The van der Waals surface area contributed by atoms with Crippen molar-refractivity contribution in [2.45, 2.75) is 39.4 Å². The average Bonchev–Trinajstić information content (AvgIpc) is 2.46. The number of fused-ring (bicyclic) bond motifs is 1. The maximum atomic E-state index is 13.6. The molecular formula is C16H22FNO4. The Kier molecular flexibility index (Phi) is 6.15. The maximum Gasteiger partial charge on any atom is 0.222 e. The fraction of sp³-hybridized carbons (Fsp3) is 0.562. The molecule has 0 bridgehead atoms. The minimum Gasteiger partial charge on any atom is -0.467 e. The van der Waals surface area contributed by atoms with Crippen molar-refractivity contribution in [3.63, 3.8) is 0 Å². The summed E-state index contributed by atoms with van der Waals surface area (Å²) in [7, 11) is 0. The Labute approximate surface area is 129 Å². The van der Waals surface area contributed by atoms with Crippen LogP contribution in [0, 0.1) is 5.82 Å². The lowest BCUT2D eigenvalue weighted by Crippen LogP contribution is -2.27. The third-order valence-electron chi connectivity index (χ3n) is 3.25. The van der Waals surface area contributed by atoms with Crippen molar-refractivity contribution < 1.29 is 23.4 Å². The molecular weight excluding hydrogens is 289 g/mol. The fourth-order valence-electron chi connectivity index (χ4n) is 2.25. The molecule has 0 aliphatic carbocycles. The molecule has 5 nitrogen and oxygen atoms in total. The summed E-state index contributed by atoms with van der Waals surface area (Å²) in [6.07, 6.45) is 0.951. The number of benzene rings is 1. The highest BCUT2D eigenvalue weighted by Gasteiger charge is 2.16. The van der Waals surface area contributed by atoms with Gasteiger partial charge in [-0.05, 0) is 38.0 Å². The van der Waals surface area contributed by atoms with Crippen LogP contribution in [0.3, 0.4) is 0 Å². The van der Waals surface area contributed by atoms with E-state index in [1.165, 1.54) is 12.1 Å². The van der Waals surface area contributed by atoms with Gasteiger partial charge in [-0.2, -0.15) is 0 Å². The molecule has 0 saturated carbocycles. The van der Waals surface area contributed by atoms with Crippen LogP contribution in [0.1, 0.15) is 31.4 Å². The number of halogens is 1. The van der Waals surface area contributed by atoms with Crippen LogP contribution in [0.5, 0.6) is 5.75 Å². The SMILES string of the molecule is CC(C)OCCC(=O)NCCc1cc(F)cc2c1OCOC2. The van der Waals surface area contributed by atoms with Gasteiger partial charge in [0, 0.05) is 18.5 Å². The molecule has 0 atom stereocenters. The predicted octanol–water partition coefficient (Wildman–Crippen LogP) is 2.17. The molecule has 0 saturated heterocycles. The highest BCUT2D eigenvalue weighted by Crippen LogP contribution is 2.29. The van der Waals surface area contributed by atoms with Crippen LogP contribution in [0.25, 0.3) is 0 Å². The first-order valence-corrected chi connectivity index (χ1v) is 7.46. The molecule has 0 radical (unpaired) electrons. The van der Waals surface area contributed by atoms with Crippen molar-refractivity contribution in [2.75, 3.05) is 19.9 Å². The molecule has 2 rings (SSSR count). The van der Waals surface area contributed by atoms with Crippen LogP contribution in [0.4, 0.5) is 4.39 Å². The van der Waals surface area contributed by atoms with E-state index in [1.807, 2.05) is 13.8 Å². The lowest BCUT2D eigenvalue weighted by molar-refractivity contribution is -0.122. The molecule has 1 aromatic rings. The Morgan fingerprint density at radius 1 is 1.45 bits per heavy atom. The van der Waals surface area contributed by atoms with Crippen molar-refractivity contribution in [1.82, 2.24) is 5.32 Å². The second-order valence-corrected chi connectivity index (χ2v) is 5.43. The normalized spacial score (nSPS) is 13.6. The standard InChI is InChI=1S/C16H22FNO4/c1-11(2)21-6-4-15(19)18-5-3-12-7-14(17)8-13-9-20-10-22-16(12)13/h7-8,11H,3-6,9-10H2,1-2H3,(H,18,19). The molecule has 1 N–H and O–H groups in total. The van der Waals surface area contributed by atoms with Gasteiger partial charge >= 0.3 is 0 Å². The van der Waals surface area contributed by atoms with E-state index in [9.17, 15) is 9.18 Å². The van der Waals surface area contributed by atoms with Crippen LogP contribution in [0.15, 0.2) is 12.1 Å². The zero-order valence-electron chi connectivity index (χ0n) is 13.0. The Hall–Kier alpha value is -1.66. The van der Waals surface area contributed by atoms with Crippen LogP contribution in [0.2, 0.25) is 0 Å². The lowest BCUT2D eigenvalue weighted by atomic mass is 10.1. The predicted molar refractivity (Wildman–Crippen MR) is 79.1 cm³/mol. The molecule has 22 heavy (non-hydrogen) atoms. The summed E-state index contributed by atoms with van der Waals surface area (Å²) >= 11 is 0. The average molecular weight is 311 g/mol. The molecule has 1 amide bonds. The first-order chi connectivity index (χ1) is 10.6. The molecule has 1 heterocycles. The molecule has 1 aliphatic rings. The number of carbonyl (C=O) groups is 1. The van der Waals surface area contributed by atoms with Crippen LogP contribution >= 0.6 is 0 Å². The van der Waals surface area contributed by atoms with Crippen molar-refractivity contribution in [3.8, 4) is 5.75 Å². The molecule has 0 aromatic heterocycles. The number of carbonyl (C=O) groups excluding carboxylic acids is 1. The van der Waals surface area contributed by atoms with Gasteiger partial charge in [-0.15, -0.1) is 0 Å². The summed E-state index contributed by atoms with van der Waals surface area (Å²) in [5.74, 6) is 0.278. The van der Waals surface area contributed by atoms with Gasteiger partial charge in [0.15, 0.2) is 6.79 Å². The smallest absolute Gasteiger partial charge is 0.222 e. The second kappa shape index (κ2) is 8.10. The van der Waals surface area contributed by atoms with Gasteiger partial charge < -0.3 is 19.5 Å². The Morgan fingerprint density at radius 2 is 2.27 bits per heavy atom. The third-order valence-corrected chi connectivity index (χ3v) is 3.25. The van der Waals surface area contributed by atoms with E-state index in [2.05, 4.69) is 5.32 Å². The Morgan fingerprint density at radius 3 is 3.05 bits per heavy atom. The van der Waals surface area contributed by atoms with E-state index < -0.39 is 0 Å². The summed E-state index contributed by atoms with van der Waals surface area (Å²) in [5.41, 5.74) is 1.45. The lowest BCUT2D eigenvalue weighted by Gasteiger charge is -2.21. The zero-order chi connectivity index (χ0) is 15.9. The molecule has 1 aromatic carbocycles. The van der Waals surface area contributed by atoms with E-state index in [0.717, 1.165) is 5.56 Å². The largest absolute Gasteiger partial charge is 0.467 e. The number of rotatable bonds is 7. The number of ether oxygens (including phenoxy) is 3. The van der Waals surface area contributed by atoms with E-state index in [-0.39, 0.29) is 24.6 Å². The van der Waals surface area contributed by atoms with Crippen LogP contribution in [-0.2, 0) is 27.3 Å². The summed E-state index contributed by atoms with van der Waals surface area (Å²) in [4.78, 5) is 11.7. The van der Waals surface area contributed by atoms with Gasteiger partial charge in [-0.1, -0.05) is 0 Å². The van der Waals surface area contributed by atoms with Gasteiger partial charge in [-0.3, -0.25) is 4.79 Å². The van der Waals surface area contributed by atoms with E-state index in [0.29, 0.717) is 43.9 Å². The number of hydrogen-bond donors (Lipinski definition) is 1.